The fourth-order valence-electron chi connectivity index (χ4n) is 2.18. The molecule has 0 N–H and O–H groups in total. The van der Waals surface area contributed by atoms with E-state index in [2.05, 4.69) is 9.88 Å². The molecule has 0 radical (unpaired) electrons. The van der Waals surface area contributed by atoms with Crippen molar-refractivity contribution < 1.29 is 8.42 Å². The highest BCUT2D eigenvalue weighted by Gasteiger charge is 2.20. The van der Waals surface area contributed by atoms with Gasteiger partial charge in [0.2, 0.25) is 0 Å². The van der Waals surface area contributed by atoms with E-state index in [1.54, 1.807) is 6.20 Å². The number of hydrogen-bond donors (Lipinski definition) is 0. The molecule has 1 fully saturated rings. The van der Waals surface area contributed by atoms with Crippen LogP contribution in [0.5, 0.6) is 0 Å². The summed E-state index contributed by atoms with van der Waals surface area (Å²) in [4.78, 5) is 6.46. The van der Waals surface area contributed by atoms with Gasteiger partial charge in [-0.1, -0.05) is 0 Å². The van der Waals surface area contributed by atoms with E-state index in [1.165, 1.54) is 0 Å². The number of aromatic nitrogens is 1. The molecule has 18 heavy (non-hydrogen) atoms. The van der Waals surface area contributed by atoms with Gasteiger partial charge in [0.05, 0.1) is 11.5 Å². The second-order valence-electron chi connectivity index (χ2n) is 4.61. The minimum atomic E-state index is -2.88. The molecular formula is C12H17ClN2O2S. The van der Waals surface area contributed by atoms with Crippen molar-refractivity contribution in [1.29, 1.82) is 0 Å². The Bertz CT molecular complexity index is 531. The van der Waals surface area contributed by atoms with Crippen LogP contribution in [0.15, 0.2) is 12.3 Å². The molecule has 0 unspecified atom stereocenters. The molecular weight excluding hydrogens is 272 g/mol. The molecule has 1 aromatic rings. The van der Waals surface area contributed by atoms with E-state index in [-0.39, 0.29) is 11.5 Å². The predicted molar refractivity (Wildman–Crippen MR) is 74.0 cm³/mol. The first-order valence-electron chi connectivity index (χ1n) is 5.99. The van der Waals surface area contributed by atoms with Crippen LogP contribution >= 0.6 is 11.6 Å². The number of sulfone groups is 1. The summed E-state index contributed by atoms with van der Waals surface area (Å²) in [7, 11) is -2.88. The molecule has 2 rings (SSSR count). The van der Waals surface area contributed by atoms with Crippen molar-refractivity contribution in [2.75, 3.05) is 29.5 Å². The Balaban J connectivity index is 2.21. The molecule has 0 atom stereocenters. The van der Waals surface area contributed by atoms with Gasteiger partial charge in [0.15, 0.2) is 9.84 Å². The standard InChI is InChI=1S/C12H17ClN2O2S/c1-10-7-11(8-13)9-14-12(10)15-3-2-5-18(16,17)6-4-15/h7,9H,2-6,8H2,1H3. The van der Waals surface area contributed by atoms with Crippen LogP contribution < -0.4 is 4.90 Å². The van der Waals surface area contributed by atoms with E-state index < -0.39 is 9.84 Å². The van der Waals surface area contributed by atoms with Crippen molar-refractivity contribution in [3.05, 3.63) is 23.4 Å². The van der Waals surface area contributed by atoms with Crippen LogP contribution in [-0.2, 0) is 15.7 Å². The molecule has 2 heterocycles. The van der Waals surface area contributed by atoms with Gasteiger partial charge in [0.25, 0.3) is 0 Å². The molecule has 0 bridgehead atoms. The van der Waals surface area contributed by atoms with Crippen LogP contribution in [-0.4, -0.2) is 38.0 Å². The largest absolute Gasteiger partial charge is 0.355 e. The fourth-order valence-corrected chi connectivity index (χ4v) is 3.60. The first-order valence-corrected chi connectivity index (χ1v) is 8.34. The third kappa shape index (κ3) is 3.14. The maximum atomic E-state index is 11.6. The Hall–Kier alpha value is -0.810. The van der Waals surface area contributed by atoms with Crippen LogP contribution in [0.4, 0.5) is 5.82 Å². The van der Waals surface area contributed by atoms with Crippen molar-refractivity contribution in [2.24, 2.45) is 0 Å². The third-order valence-corrected chi connectivity index (χ3v) is 5.14. The Kier molecular flexibility index (Phi) is 4.12. The van der Waals surface area contributed by atoms with Crippen LogP contribution in [0.3, 0.4) is 0 Å². The molecule has 0 aliphatic carbocycles. The summed E-state index contributed by atoms with van der Waals surface area (Å²) < 4.78 is 23.1. The maximum Gasteiger partial charge on any atom is 0.152 e. The summed E-state index contributed by atoms with van der Waals surface area (Å²) in [5.41, 5.74) is 2.04. The number of pyridine rings is 1. The van der Waals surface area contributed by atoms with Crippen molar-refractivity contribution in [1.82, 2.24) is 4.98 Å². The van der Waals surface area contributed by atoms with E-state index in [9.17, 15) is 8.42 Å². The average Bonchev–Trinajstić information content (AvgIpc) is 2.50. The summed E-state index contributed by atoms with van der Waals surface area (Å²) in [6, 6.07) is 2.01. The second-order valence-corrected chi connectivity index (χ2v) is 7.18. The summed E-state index contributed by atoms with van der Waals surface area (Å²) in [5.74, 6) is 1.82. The predicted octanol–water partition coefficient (Wildman–Crippen LogP) is 1.75. The quantitative estimate of drug-likeness (QED) is 0.778. The number of rotatable bonds is 2. The molecule has 0 amide bonds. The Morgan fingerprint density at radius 3 is 2.83 bits per heavy atom. The number of halogens is 1. The summed E-state index contributed by atoms with van der Waals surface area (Å²) >= 11 is 5.77. The van der Waals surface area contributed by atoms with E-state index in [4.69, 9.17) is 11.6 Å². The zero-order valence-corrected chi connectivity index (χ0v) is 12.0. The van der Waals surface area contributed by atoms with Crippen molar-refractivity contribution in [3.8, 4) is 0 Å². The SMILES string of the molecule is Cc1cc(CCl)cnc1N1CCCS(=O)(=O)CC1. The minimum absolute atomic E-state index is 0.214. The van der Waals surface area contributed by atoms with E-state index in [1.807, 2.05) is 13.0 Å². The maximum absolute atomic E-state index is 11.6. The van der Waals surface area contributed by atoms with Crippen molar-refractivity contribution in [3.63, 3.8) is 0 Å². The monoisotopic (exact) mass is 288 g/mol. The topological polar surface area (TPSA) is 50.3 Å². The van der Waals surface area contributed by atoms with Crippen LogP contribution in [0.2, 0.25) is 0 Å². The van der Waals surface area contributed by atoms with Crippen molar-refractivity contribution >= 4 is 27.3 Å². The van der Waals surface area contributed by atoms with Gasteiger partial charge in [-0.15, -0.1) is 11.6 Å². The molecule has 1 aromatic heterocycles. The lowest BCUT2D eigenvalue weighted by molar-refractivity contribution is 0.597. The lowest BCUT2D eigenvalue weighted by Gasteiger charge is -2.22. The van der Waals surface area contributed by atoms with Gasteiger partial charge >= 0.3 is 0 Å². The van der Waals surface area contributed by atoms with E-state index in [0.29, 0.717) is 18.8 Å². The zero-order chi connectivity index (χ0) is 13.2. The molecule has 6 heteroatoms. The average molecular weight is 289 g/mol. The lowest BCUT2D eigenvalue weighted by atomic mass is 10.2. The molecule has 1 aliphatic rings. The lowest BCUT2D eigenvalue weighted by Crippen LogP contribution is -2.28. The highest BCUT2D eigenvalue weighted by Crippen LogP contribution is 2.20. The molecule has 100 valence electrons. The van der Waals surface area contributed by atoms with Gasteiger partial charge in [-0.05, 0) is 30.5 Å². The third-order valence-electron chi connectivity index (χ3n) is 3.12. The van der Waals surface area contributed by atoms with Gasteiger partial charge in [0.1, 0.15) is 5.82 Å². The Morgan fingerprint density at radius 2 is 2.17 bits per heavy atom. The van der Waals surface area contributed by atoms with E-state index in [0.717, 1.165) is 23.5 Å². The molecule has 1 saturated heterocycles. The zero-order valence-electron chi connectivity index (χ0n) is 10.4. The molecule has 4 nitrogen and oxygen atoms in total. The van der Waals surface area contributed by atoms with Crippen molar-refractivity contribution in [2.45, 2.75) is 19.2 Å². The van der Waals surface area contributed by atoms with Crippen LogP contribution in [0.25, 0.3) is 0 Å². The highest BCUT2D eigenvalue weighted by atomic mass is 35.5. The minimum Gasteiger partial charge on any atom is -0.355 e. The number of hydrogen-bond acceptors (Lipinski definition) is 4. The van der Waals surface area contributed by atoms with Crippen LogP contribution in [0, 0.1) is 6.92 Å². The van der Waals surface area contributed by atoms with Gasteiger partial charge in [-0.3, -0.25) is 0 Å². The number of nitrogens with zero attached hydrogens (tertiary/aromatic N) is 2. The summed E-state index contributed by atoms with van der Waals surface area (Å²) in [6.45, 7) is 3.25. The molecule has 0 saturated carbocycles. The normalized spacial score (nSPS) is 19.6. The van der Waals surface area contributed by atoms with Gasteiger partial charge in [-0.25, -0.2) is 13.4 Å². The Morgan fingerprint density at radius 1 is 1.39 bits per heavy atom. The van der Waals surface area contributed by atoms with Gasteiger partial charge in [-0.2, -0.15) is 0 Å². The first-order chi connectivity index (χ1) is 8.52. The van der Waals surface area contributed by atoms with E-state index >= 15 is 0 Å². The number of alkyl halides is 1. The molecule has 0 spiro atoms. The van der Waals surface area contributed by atoms with Gasteiger partial charge in [0, 0.05) is 25.2 Å². The smallest absolute Gasteiger partial charge is 0.152 e. The number of anilines is 1. The molecule has 0 aromatic carbocycles. The fraction of sp³-hybridized carbons (Fsp3) is 0.583. The molecule has 1 aliphatic heterocycles. The second kappa shape index (κ2) is 5.45. The first kappa shape index (κ1) is 13.6. The van der Waals surface area contributed by atoms with Crippen LogP contribution in [0.1, 0.15) is 17.5 Å². The Labute approximate surface area is 113 Å². The van der Waals surface area contributed by atoms with Gasteiger partial charge < -0.3 is 4.90 Å². The number of aryl methyl sites for hydroxylation is 1. The summed E-state index contributed by atoms with van der Waals surface area (Å²) in [6.07, 6.45) is 2.43. The summed E-state index contributed by atoms with van der Waals surface area (Å²) in [5, 5.41) is 0. The highest BCUT2D eigenvalue weighted by molar-refractivity contribution is 7.91.